The summed E-state index contributed by atoms with van der Waals surface area (Å²) in [4.78, 5) is 21.4. The van der Waals surface area contributed by atoms with Crippen molar-refractivity contribution in [3.05, 3.63) is 57.6 Å². The van der Waals surface area contributed by atoms with Crippen molar-refractivity contribution in [2.75, 3.05) is 0 Å². The number of carbonyl (C=O) groups is 2. The number of carboxylic acid groups (broad SMARTS) is 2. The van der Waals surface area contributed by atoms with Crippen LogP contribution in [0.2, 0.25) is 10.0 Å². The largest absolute Gasteiger partial charge is 0.478 e. The molecule has 2 aromatic carbocycles. The Morgan fingerprint density at radius 2 is 1.13 bits per heavy atom. The molecule has 0 radical (unpaired) electrons. The van der Waals surface area contributed by atoms with Crippen LogP contribution in [0.15, 0.2) is 46.2 Å². The third-order valence-corrected chi connectivity index (χ3v) is 5.26. The smallest absolute Gasteiger partial charge is 0.337 e. The first-order valence-corrected chi connectivity index (χ1v) is 8.19. The summed E-state index contributed by atoms with van der Waals surface area (Å²) in [5.74, 6) is -3.01. The van der Waals surface area contributed by atoms with Crippen LogP contribution in [0.1, 0.15) is 20.7 Å². The summed E-state index contributed by atoms with van der Waals surface area (Å²) in [7, 11) is -4.40. The first-order chi connectivity index (χ1) is 10.6. The lowest BCUT2D eigenvalue weighted by atomic mass is 10.2. The van der Waals surface area contributed by atoms with Crippen LogP contribution in [-0.4, -0.2) is 30.6 Å². The predicted octanol–water partition coefficient (Wildman–Crippen LogP) is 3.22. The number of hydrogen-bond donors (Lipinski definition) is 2. The Bertz CT molecular complexity index is 851. The van der Waals surface area contributed by atoms with Gasteiger partial charge in [0.05, 0.1) is 20.9 Å². The van der Waals surface area contributed by atoms with Crippen LogP contribution in [0.3, 0.4) is 0 Å². The molecule has 0 saturated carbocycles. The minimum Gasteiger partial charge on any atom is -0.478 e. The van der Waals surface area contributed by atoms with E-state index in [2.05, 4.69) is 0 Å². The minimum atomic E-state index is -4.40. The molecule has 0 aliphatic heterocycles. The van der Waals surface area contributed by atoms with Gasteiger partial charge in [0.1, 0.15) is 0 Å². The quantitative estimate of drug-likeness (QED) is 0.849. The lowest BCUT2D eigenvalue weighted by molar-refractivity contribution is 0.0683. The highest BCUT2D eigenvalue weighted by molar-refractivity contribution is 7.91. The van der Waals surface area contributed by atoms with Crippen LogP contribution < -0.4 is 0 Å². The third kappa shape index (κ3) is 3.31. The van der Waals surface area contributed by atoms with Crippen LogP contribution in [-0.2, 0) is 9.84 Å². The summed E-state index contributed by atoms with van der Waals surface area (Å²) in [5, 5.41) is 18.4. The third-order valence-electron chi connectivity index (χ3n) is 2.92. The Labute approximate surface area is 140 Å². The van der Waals surface area contributed by atoms with Gasteiger partial charge in [-0.1, -0.05) is 23.2 Å². The van der Waals surface area contributed by atoms with Gasteiger partial charge in [0.15, 0.2) is 0 Å². The van der Waals surface area contributed by atoms with E-state index >= 15 is 0 Å². The molecule has 0 amide bonds. The predicted molar refractivity (Wildman–Crippen MR) is 82.3 cm³/mol. The highest BCUT2D eigenvalue weighted by atomic mass is 35.5. The summed E-state index contributed by atoms with van der Waals surface area (Å²) >= 11 is 11.4. The highest BCUT2D eigenvalue weighted by Gasteiger charge is 2.29. The minimum absolute atomic E-state index is 0.0379. The van der Waals surface area contributed by atoms with Crippen molar-refractivity contribution in [3.63, 3.8) is 0 Å². The summed E-state index contributed by atoms with van der Waals surface area (Å²) in [6.45, 7) is 0. The zero-order valence-corrected chi connectivity index (χ0v) is 13.5. The molecule has 0 atom stereocenters. The van der Waals surface area contributed by atoms with E-state index in [0.29, 0.717) is 0 Å². The SMILES string of the molecule is O=C(O)c1cc(Cl)ccc1S(=O)(=O)c1ccc(Cl)cc1C(=O)O. The van der Waals surface area contributed by atoms with Gasteiger partial charge in [0.2, 0.25) is 9.84 Å². The van der Waals surface area contributed by atoms with E-state index in [1.807, 2.05) is 0 Å². The van der Waals surface area contributed by atoms with E-state index in [0.717, 1.165) is 24.3 Å². The lowest BCUT2D eigenvalue weighted by Crippen LogP contribution is -2.13. The number of benzene rings is 2. The van der Waals surface area contributed by atoms with Crippen molar-refractivity contribution in [1.29, 1.82) is 0 Å². The Kier molecular flexibility index (Phi) is 4.65. The molecule has 0 aliphatic carbocycles. The molecule has 0 aromatic heterocycles. The van der Waals surface area contributed by atoms with Crippen LogP contribution in [0.5, 0.6) is 0 Å². The molecule has 23 heavy (non-hydrogen) atoms. The molecule has 0 heterocycles. The number of hydrogen-bond acceptors (Lipinski definition) is 4. The molecule has 2 aromatic rings. The molecule has 0 bridgehead atoms. The van der Waals surface area contributed by atoms with Gasteiger partial charge in [0.25, 0.3) is 0 Å². The molecule has 2 N–H and O–H groups in total. The zero-order chi connectivity index (χ0) is 17.4. The Balaban J connectivity index is 2.79. The van der Waals surface area contributed by atoms with E-state index in [1.54, 1.807) is 0 Å². The molecule has 2 rings (SSSR count). The van der Waals surface area contributed by atoms with Gasteiger partial charge in [-0.15, -0.1) is 0 Å². The fourth-order valence-electron chi connectivity index (χ4n) is 1.93. The molecule has 6 nitrogen and oxygen atoms in total. The lowest BCUT2D eigenvalue weighted by Gasteiger charge is -2.11. The summed E-state index contributed by atoms with van der Waals surface area (Å²) < 4.78 is 25.4. The number of halogens is 2. The van der Waals surface area contributed by atoms with E-state index in [4.69, 9.17) is 33.4 Å². The maximum absolute atomic E-state index is 12.7. The molecule has 0 fully saturated rings. The molecule has 120 valence electrons. The topological polar surface area (TPSA) is 109 Å². The van der Waals surface area contributed by atoms with E-state index in [1.165, 1.54) is 12.1 Å². The first kappa shape index (κ1) is 17.3. The molecule has 0 unspecified atom stereocenters. The second kappa shape index (κ2) is 6.19. The first-order valence-electron chi connectivity index (χ1n) is 5.95. The normalized spacial score (nSPS) is 11.2. The van der Waals surface area contributed by atoms with Crippen molar-refractivity contribution < 1.29 is 28.2 Å². The highest BCUT2D eigenvalue weighted by Crippen LogP contribution is 2.30. The van der Waals surface area contributed by atoms with Crippen molar-refractivity contribution >= 4 is 45.0 Å². The van der Waals surface area contributed by atoms with Gasteiger partial charge in [-0.3, -0.25) is 0 Å². The van der Waals surface area contributed by atoms with Crippen molar-refractivity contribution in [2.24, 2.45) is 0 Å². The zero-order valence-electron chi connectivity index (χ0n) is 11.2. The average Bonchev–Trinajstić information content (AvgIpc) is 2.46. The summed E-state index contributed by atoms with van der Waals surface area (Å²) in [6.07, 6.45) is 0. The van der Waals surface area contributed by atoms with Crippen LogP contribution in [0.4, 0.5) is 0 Å². The van der Waals surface area contributed by atoms with E-state index < -0.39 is 42.7 Å². The van der Waals surface area contributed by atoms with Gasteiger partial charge >= 0.3 is 11.9 Å². The maximum atomic E-state index is 12.7. The fraction of sp³-hybridized carbons (Fsp3) is 0. The average molecular weight is 375 g/mol. The van der Waals surface area contributed by atoms with E-state index in [-0.39, 0.29) is 10.0 Å². The van der Waals surface area contributed by atoms with Crippen LogP contribution >= 0.6 is 23.2 Å². The Hall–Kier alpha value is -2.09. The molecular formula is C14H8Cl2O6S. The van der Waals surface area contributed by atoms with Crippen molar-refractivity contribution in [2.45, 2.75) is 9.79 Å². The molecule has 9 heteroatoms. The Morgan fingerprint density at radius 3 is 1.43 bits per heavy atom. The van der Waals surface area contributed by atoms with Crippen molar-refractivity contribution in [3.8, 4) is 0 Å². The van der Waals surface area contributed by atoms with E-state index in [9.17, 15) is 18.0 Å². The second-order valence-electron chi connectivity index (χ2n) is 4.39. The number of rotatable bonds is 4. The second-order valence-corrected chi connectivity index (χ2v) is 7.15. The van der Waals surface area contributed by atoms with Crippen LogP contribution in [0, 0.1) is 0 Å². The van der Waals surface area contributed by atoms with Gasteiger partial charge in [-0.2, -0.15) is 0 Å². The van der Waals surface area contributed by atoms with Gasteiger partial charge < -0.3 is 10.2 Å². The summed E-state index contributed by atoms with van der Waals surface area (Å²) in [5.41, 5.74) is -1.10. The number of aromatic carboxylic acids is 2. The van der Waals surface area contributed by atoms with Gasteiger partial charge in [-0.05, 0) is 36.4 Å². The molecule has 0 saturated heterocycles. The van der Waals surface area contributed by atoms with Gasteiger partial charge in [-0.25, -0.2) is 18.0 Å². The molecule has 0 spiro atoms. The Morgan fingerprint density at radius 1 is 0.783 bits per heavy atom. The monoisotopic (exact) mass is 374 g/mol. The molecular weight excluding hydrogens is 367 g/mol. The van der Waals surface area contributed by atoms with Gasteiger partial charge in [0, 0.05) is 10.0 Å². The summed E-state index contributed by atoms with van der Waals surface area (Å²) in [6, 6.07) is 6.40. The van der Waals surface area contributed by atoms with Crippen molar-refractivity contribution in [1.82, 2.24) is 0 Å². The molecule has 0 aliphatic rings. The van der Waals surface area contributed by atoms with Crippen LogP contribution in [0.25, 0.3) is 0 Å². The maximum Gasteiger partial charge on any atom is 0.337 e. The fourth-order valence-corrected chi connectivity index (χ4v) is 3.87. The number of carboxylic acids is 2. The number of sulfone groups is 1. The standard InChI is InChI=1S/C14H8Cl2O6S/c15-7-1-3-11(9(5-7)13(17)18)23(21,22)12-4-2-8(16)6-10(12)14(19)20/h1-6H,(H,17,18)(H,19,20).